The first-order valence-electron chi connectivity index (χ1n) is 13.0. The van der Waals surface area contributed by atoms with Crippen molar-refractivity contribution in [3.05, 3.63) is 84.6 Å². The fraction of sp³-hybridized carbons (Fsp3) is 0.345. The maximum absolute atomic E-state index is 11.8. The predicted octanol–water partition coefficient (Wildman–Crippen LogP) is 4.21. The topological polar surface area (TPSA) is 61.7 Å². The van der Waals surface area contributed by atoms with Gasteiger partial charge in [-0.3, -0.25) is 4.90 Å². The van der Waals surface area contributed by atoms with Crippen LogP contribution in [0.2, 0.25) is 0 Å². The van der Waals surface area contributed by atoms with E-state index in [0.717, 1.165) is 69.4 Å². The van der Waals surface area contributed by atoms with Crippen molar-refractivity contribution >= 4 is 32.4 Å². The first-order valence-corrected chi connectivity index (χ1v) is 14.9. The highest BCUT2D eigenvalue weighted by atomic mass is 32.2. The number of hydrogen-bond donors (Lipinski definition) is 0. The summed E-state index contributed by atoms with van der Waals surface area (Å²) < 4.78 is 25.9. The minimum Gasteiger partial charge on any atom is -0.368 e. The fourth-order valence-corrected chi connectivity index (χ4v) is 6.24. The van der Waals surface area contributed by atoms with Crippen LogP contribution in [0.4, 0.5) is 11.5 Å². The van der Waals surface area contributed by atoms with Gasteiger partial charge in [-0.2, -0.15) is 0 Å². The molecule has 0 unspecified atom stereocenters. The van der Waals surface area contributed by atoms with Crippen molar-refractivity contribution in [3.8, 4) is 0 Å². The van der Waals surface area contributed by atoms with Crippen LogP contribution in [0.1, 0.15) is 18.0 Å². The predicted molar refractivity (Wildman–Crippen MR) is 149 cm³/mol. The molecule has 0 saturated carbocycles. The molecule has 2 fully saturated rings. The van der Waals surface area contributed by atoms with Gasteiger partial charge in [-0.05, 0) is 54.4 Å². The monoisotopic (exact) mass is 515 g/mol. The summed E-state index contributed by atoms with van der Waals surface area (Å²) in [5, 5.41) is 1.19. The lowest BCUT2D eigenvalue weighted by Crippen LogP contribution is -2.46. The molecule has 7 nitrogen and oxygen atoms in total. The Morgan fingerprint density at radius 2 is 1.57 bits per heavy atom. The first-order chi connectivity index (χ1) is 17.9. The van der Waals surface area contributed by atoms with Gasteiger partial charge < -0.3 is 14.4 Å². The molecule has 6 rings (SSSR count). The molecule has 0 N–H and O–H groups in total. The minimum atomic E-state index is -3.18. The number of sulfone groups is 1. The highest BCUT2D eigenvalue weighted by Gasteiger charge is 2.26. The second-order valence-corrected chi connectivity index (χ2v) is 12.2. The van der Waals surface area contributed by atoms with Crippen molar-refractivity contribution in [2.45, 2.75) is 23.9 Å². The van der Waals surface area contributed by atoms with E-state index in [1.807, 2.05) is 12.1 Å². The van der Waals surface area contributed by atoms with Crippen LogP contribution >= 0.6 is 0 Å². The Bertz CT molecular complexity index is 1480. The van der Waals surface area contributed by atoms with Gasteiger partial charge in [0.1, 0.15) is 11.5 Å². The molecule has 37 heavy (non-hydrogen) atoms. The molecule has 192 valence electrons. The average molecular weight is 516 g/mol. The maximum atomic E-state index is 11.8. The molecule has 4 aromatic rings. The van der Waals surface area contributed by atoms with Gasteiger partial charge in [0.2, 0.25) is 0 Å². The van der Waals surface area contributed by atoms with E-state index in [9.17, 15) is 8.42 Å². The number of piperazine rings is 1. The van der Waals surface area contributed by atoms with Crippen molar-refractivity contribution in [1.29, 1.82) is 0 Å². The molecule has 4 heterocycles. The molecule has 0 aliphatic carbocycles. The van der Waals surface area contributed by atoms with E-state index in [1.54, 1.807) is 12.1 Å². The van der Waals surface area contributed by atoms with Gasteiger partial charge in [0.05, 0.1) is 4.90 Å². The lowest BCUT2D eigenvalue weighted by molar-refractivity contribution is 0.317. The Morgan fingerprint density at radius 3 is 2.30 bits per heavy atom. The van der Waals surface area contributed by atoms with Crippen LogP contribution in [-0.2, 0) is 16.4 Å². The summed E-state index contributed by atoms with van der Waals surface area (Å²) in [4.78, 5) is 12.7. The summed E-state index contributed by atoms with van der Waals surface area (Å²) in [6.07, 6.45) is 4.59. The largest absolute Gasteiger partial charge is 0.368 e. The zero-order valence-electron chi connectivity index (χ0n) is 21.2. The molecule has 2 aromatic carbocycles. The standard InChI is InChI=1S/C29H33N5O2S/c1-37(35,36)27-10-8-25(9-11-27)32-17-19-33(20-18-32)28-12-7-24-13-16-34(29(24)30-28)26-14-15-31(22-26)21-23-5-3-2-4-6-23/h2-13,16,26H,14-15,17-22H2,1H3/t26-/m0/s1. The number of rotatable bonds is 6. The van der Waals surface area contributed by atoms with Crippen molar-refractivity contribution in [3.63, 3.8) is 0 Å². The number of benzene rings is 2. The van der Waals surface area contributed by atoms with Gasteiger partial charge in [-0.25, -0.2) is 13.4 Å². The van der Waals surface area contributed by atoms with Crippen LogP contribution < -0.4 is 9.80 Å². The number of fused-ring (bicyclic) bond motifs is 1. The third-order valence-electron chi connectivity index (χ3n) is 7.67. The zero-order valence-corrected chi connectivity index (χ0v) is 22.0. The van der Waals surface area contributed by atoms with Crippen molar-refractivity contribution in [2.24, 2.45) is 0 Å². The molecule has 0 spiro atoms. The van der Waals surface area contributed by atoms with Crippen LogP contribution in [-0.4, -0.2) is 68.4 Å². The molecule has 1 atom stereocenters. The lowest BCUT2D eigenvalue weighted by atomic mass is 10.2. The highest BCUT2D eigenvalue weighted by Crippen LogP contribution is 2.29. The van der Waals surface area contributed by atoms with Gasteiger partial charge in [0.25, 0.3) is 0 Å². The van der Waals surface area contributed by atoms with Crippen LogP contribution in [0.15, 0.2) is 83.9 Å². The zero-order chi connectivity index (χ0) is 25.4. The first kappa shape index (κ1) is 24.0. The molecule has 2 aromatic heterocycles. The smallest absolute Gasteiger partial charge is 0.175 e. The van der Waals surface area contributed by atoms with Crippen molar-refractivity contribution < 1.29 is 8.42 Å². The molecule has 0 amide bonds. The normalized spacial score (nSPS) is 19.1. The Morgan fingerprint density at radius 1 is 0.838 bits per heavy atom. The SMILES string of the molecule is CS(=O)(=O)c1ccc(N2CCN(c3ccc4ccn([C@H]5CCN(Cc6ccccc6)C5)c4n3)CC2)cc1. The summed E-state index contributed by atoms with van der Waals surface area (Å²) in [6, 6.07) is 24.9. The van der Waals surface area contributed by atoms with E-state index in [4.69, 9.17) is 4.98 Å². The van der Waals surface area contributed by atoms with E-state index in [1.165, 1.54) is 17.2 Å². The summed E-state index contributed by atoms with van der Waals surface area (Å²) in [6.45, 7) is 6.64. The van der Waals surface area contributed by atoms with Crippen LogP contribution in [0.3, 0.4) is 0 Å². The number of pyridine rings is 1. The number of nitrogens with zero attached hydrogens (tertiary/aromatic N) is 5. The Kier molecular flexibility index (Phi) is 6.38. The van der Waals surface area contributed by atoms with Gasteiger partial charge >= 0.3 is 0 Å². The van der Waals surface area contributed by atoms with E-state index in [2.05, 4.69) is 74.0 Å². The van der Waals surface area contributed by atoms with Crippen LogP contribution in [0, 0.1) is 0 Å². The number of anilines is 2. The third-order valence-corrected chi connectivity index (χ3v) is 8.80. The number of likely N-dealkylation sites (tertiary alicyclic amines) is 1. The van der Waals surface area contributed by atoms with Crippen LogP contribution in [0.25, 0.3) is 11.0 Å². The van der Waals surface area contributed by atoms with Crippen LogP contribution in [0.5, 0.6) is 0 Å². The quantitative estimate of drug-likeness (QED) is 0.383. The second kappa shape index (κ2) is 9.84. The Balaban J connectivity index is 1.13. The van der Waals surface area contributed by atoms with Gasteiger partial charge in [0.15, 0.2) is 9.84 Å². The second-order valence-electron chi connectivity index (χ2n) is 10.2. The Hall–Kier alpha value is -3.36. The van der Waals surface area contributed by atoms with E-state index in [-0.39, 0.29) is 0 Å². The van der Waals surface area contributed by atoms with Crippen molar-refractivity contribution in [1.82, 2.24) is 14.5 Å². The molecule has 2 aliphatic heterocycles. The fourth-order valence-electron chi connectivity index (χ4n) is 5.61. The summed E-state index contributed by atoms with van der Waals surface area (Å²) in [7, 11) is -3.18. The molecule has 0 radical (unpaired) electrons. The van der Waals surface area contributed by atoms with Gasteiger partial charge in [-0.1, -0.05) is 30.3 Å². The maximum Gasteiger partial charge on any atom is 0.175 e. The summed E-state index contributed by atoms with van der Waals surface area (Å²) >= 11 is 0. The van der Waals surface area contributed by atoms with Crippen molar-refractivity contribution in [2.75, 3.05) is 55.3 Å². The lowest BCUT2D eigenvalue weighted by Gasteiger charge is -2.36. The molecule has 2 aliphatic rings. The molecular formula is C29H33N5O2S. The van der Waals surface area contributed by atoms with Gasteiger partial charge in [-0.15, -0.1) is 0 Å². The van der Waals surface area contributed by atoms with E-state index >= 15 is 0 Å². The number of hydrogen-bond acceptors (Lipinski definition) is 6. The summed E-state index contributed by atoms with van der Waals surface area (Å²) in [5.74, 6) is 1.03. The minimum absolute atomic E-state index is 0.362. The molecular weight excluding hydrogens is 482 g/mol. The molecule has 0 bridgehead atoms. The Labute approximate surface area is 218 Å². The molecule has 8 heteroatoms. The summed E-state index contributed by atoms with van der Waals surface area (Å²) in [5.41, 5.74) is 3.50. The molecule has 2 saturated heterocycles. The van der Waals surface area contributed by atoms with Gasteiger partial charge in [0, 0.05) is 75.4 Å². The number of aromatic nitrogens is 2. The highest BCUT2D eigenvalue weighted by molar-refractivity contribution is 7.90. The third kappa shape index (κ3) is 5.08. The van der Waals surface area contributed by atoms with E-state index in [0.29, 0.717) is 10.9 Å². The average Bonchev–Trinajstić information content (AvgIpc) is 3.55. The van der Waals surface area contributed by atoms with E-state index < -0.39 is 9.84 Å².